The number of carbonyl (C=O) groups excluding carboxylic acids is 1. The van der Waals surface area contributed by atoms with E-state index in [-0.39, 0.29) is 11.0 Å². The highest BCUT2D eigenvalue weighted by Crippen LogP contribution is 2.29. The van der Waals surface area contributed by atoms with Crippen LogP contribution in [-0.4, -0.2) is 38.4 Å². The van der Waals surface area contributed by atoms with Crippen molar-refractivity contribution in [2.24, 2.45) is 0 Å². The van der Waals surface area contributed by atoms with Gasteiger partial charge in [0.2, 0.25) is 5.16 Å². The van der Waals surface area contributed by atoms with E-state index in [0.29, 0.717) is 21.5 Å². The number of aryl methyl sites for hydroxylation is 1. The molecule has 0 saturated carbocycles. The van der Waals surface area contributed by atoms with Crippen LogP contribution in [0.2, 0.25) is 5.02 Å². The summed E-state index contributed by atoms with van der Waals surface area (Å²) in [4.78, 5) is 12.6. The fourth-order valence-electron chi connectivity index (χ4n) is 2.43. The molecule has 8 heteroatoms. The summed E-state index contributed by atoms with van der Waals surface area (Å²) >= 11 is 7.18. The molecule has 0 aliphatic carbocycles. The van der Waals surface area contributed by atoms with Gasteiger partial charge in [-0.2, -0.15) is 4.68 Å². The number of methoxy groups -OCH3 is 1. The first-order valence-electron chi connectivity index (χ1n) is 7.89. The highest BCUT2D eigenvalue weighted by Gasteiger charge is 2.21. The summed E-state index contributed by atoms with van der Waals surface area (Å²) in [6, 6.07) is 12.6. The number of benzene rings is 2. The van der Waals surface area contributed by atoms with Gasteiger partial charge in [-0.15, -0.1) is 5.10 Å². The molecule has 0 aliphatic rings. The average molecular weight is 389 g/mol. The quantitative estimate of drug-likeness (QED) is 0.469. The van der Waals surface area contributed by atoms with Gasteiger partial charge in [0.15, 0.2) is 5.78 Å². The van der Waals surface area contributed by atoms with Crippen molar-refractivity contribution >= 4 is 29.1 Å². The first kappa shape index (κ1) is 18.4. The van der Waals surface area contributed by atoms with Gasteiger partial charge in [-0.3, -0.25) is 4.79 Å². The minimum atomic E-state index is -0.364. The second kappa shape index (κ2) is 7.88. The number of hydrogen-bond donors (Lipinski definition) is 0. The van der Waals surface area contributed by atoms with E-state index in [0.717, 1.165) is 11.3 Å². The van der Waals surface area contributed by atoms with Crippen molar-refractivity contribution in [3.63, 3.8) is 0 Å². The Morgan fingerprint density at radius 3 is 2.65 bits per heavy atom. The summed E-state index contributed by atoms with van der Waals surface area (Å²) in [6.07, 6.45) is 0. The van der Waals surface area contributed by atoms with Crippen LogP contribution in [0.15, 0.2) is 47.6 Å². The number of Topliss-reactive ketones (excluding diaryl/α,β-unsaturated/α-hetero) is 1. The molecule has 0 bridgehead atoms. The van der Waals surface area contributed by atoms with Gasteiger partial charge < -0.3 is 4.74 Å². The lowest BCUT2D eigenvalue weighted by Gasteiger charge is -2.12. The summed E-state index contributed by atoms with van der Waals surface area (Å²) in [7, 11) is 1.60. The van der Waals surface area contributed by atoms with Crippen LogP contribution in [0.1, 0.15) is 22.8 Å². The van der Waals surface area contributed by atoms with E-state index in [4.69, 9.17) is 16.3 Å². The highest BCUT2D eigenvalue weighted by molar-refractivity contribution is 8.00. The average Bonchev–Trinajstić information content (AvgIpc) is 3.09. The van der Waals surface area contributed by atoms with E-state index in [1.807, 2.05) is 32.0 Å². The Kier molecular flexibility index (Phi) is 5.58. The molecule has 1 unspecified atom stereocenters. The van der Waals surface area contributed by atoms with Crippen molar-refractivity contribution in [2.75, 3.05) is 7.11 Å². The summed E-state index contributed by atoms with van der Waals surface area (Å²) in [6.45, 7) is 3.81. The van der Waals surface area contributed by atoms with Crippen molar-refractivity contribution in [3.05, 3.63) is 58.6 Å². The van der Waals surface area contributed by atoms with Gasteiger partial charge in [0.25, 0.3) is 0 Å². The molecule has 0 N–H and O–H groups in total. The van der Waals surface area contributed by atoms with Crippen molar-refractivity contribution in [1.29, 1.82) is 0 Å². The molecular formula is C18H17ClN4O2S. The number of hydrogen-bond acceptors (Lipinski definition) is 6. The van der Waals surface area contributed by atoms with E-state index in [1.165, 1.54) is 11.8 Å². The lowest BCUT2D eigenvalue weighted by atomic mass is 10.1. The van der Waals surface area contributed by atoms with Crippen LogP contribution in [0.4, 0.5) is 0 Å². The number of rotatable bonds is 6. The summed E-state index contributed by atoms with van der Waals surface area (Å²) in [5.41, 5.74) is 2.38. The Hall–Kier alpha value is -2.38. The minimum Gasteiger partial charge on any atom is -0.494 e. The number of halogens is 1. The molecule has 1 aromatic heterocycles. The number of aromatic nitrogens is 4. The minimum absolute atomic E-state index is 0.0163. The van der Waals surface area contributed by atoms with Crippen LogP contribution in [0.3, 0.4) is 0 Å². The van der Waals surface area contributed by atoms with Crippen molar-refractivity contribution in [3.8, 4) is 11.4 Å². The zero-order valence-electron chi connectivity index (χ0n) is 14.5. The molecule has 0 fully saturated rings. The van der Waals surface area contributed by atoms with Crippen LogP contribution in [0.25, 0.3) is 5.69 Å². The third kappa shape index (κ3) is 3.89. The van der Waals surface area contributed by atoms with E-state index < -0.39 is 0 Å². The van der Waals surface area contributed by atoms with Gasteiger partial charge in [-0.25, -0.2) is 0 Å². The molecule has 1 heterocycles. The molecule has 0 amide bonds. The normalized spacial score (nSPS) is 12.0. The summed E-state index contributed by atoms with van der Waals surface area (Å²) in [5.74, 6) is 0.638. The van der Waals surface area contributed by atoms with Gasteiger partial charge in [0, 0.05) is 10.6 Å². The Bertz CT molecular complexity index is 927. The van der Waals surface area contributed by atoms with Gasteiger partial charge >= 0.3 is 0 Å². The van der Waals surface area contributed by atoms with Gasteiger partial charge in [-0.05, 0) is 66.2 Å². The lowest BCUT2D eigenvalue weighted by Crippen LogP contribution is -2.14. The fraction of sp³-hybridized carbons (Fsp3) is 0.222. The maximum absolute atomic E-state index is 12.6. The molecule has 1 atom stereocenters. The first-order valence-corrected chi connectivity index (χ1v) is 9.15. The van der Waals surface area contributed by atoms with Gasteiger partial charge in [0.05, 0.1) is 12.4 Å². The van der Waals surface area contributed by atoms with Crippen LogP contribution >= 0.6 is 23.4 Å². The number of ether oxygens (including phenoxy) is 1. The van der Waals surface area contributed by atoms with Crippen molar-refractivity contribution < 1.29 is 9.53 Å². The number of carbonyl (C=O) groups is 1. The zero-order valence-corrected chi connectivity index (χ0v) is 16.1. The maximum Gasteiger partial charge on any atom is 0.214 e. The summed E-state index contributed by atoms with van der Waals surface area (Å²) < 4.78 is 6.99. The standard InChI is InChI=1S/C18H17ClN4O2S/c1-11-4-9-16(25-3)15(10-11)23-18(20-21-22-23)26-12(2)17(24)13-5-7-14(19)8-6-13/h4-10,12H,1-3H3. The highest BCUT2D eigenvalue weighted by atomic mass is 35.5. The Labute approximate surface area is 160 Å². The first-order chi connectivity index (χ1) is 12.5. The number of ketones is 1. The van der Waals surface area contributed by atoms with Crippen molar-refractivity contribution in [2.45, 2.75) is 24.3 Å². The van der Waals surface area contributed by atoms with E-state index >= 15 is 0 Å². The largest absolute Gasteiger partial charge is 0.494 e. The number of thioether (sulfide) groups is 1. The Morgan fingerprint density at radius 2 is 1.96 bits per heavy atom. The fourth-order valence-corrected chi connectivity index (χ4v) is 3.43. The Balaban J connectivity index is 1.86. The topological polar surface area (TPSA) is 69.9 Å². The molecule has 3 aromatic rings. The molecular weight excluding hydrogens is 372 g/mol. The zero-order chi connectivity index (χ0) is 18.7. The Morgan fingerprint density at radius 1 is 1.23 bits per heavy atom. The van der Waals surface area contributed by atoms with Crippen LogP contribution in [0.5, 0.6) is 5.75 Å². The SMILES string of the molecule is COc1ccc(C)cc1-n1nnnc1SC(C)C(=O)c1ccc(Cl)cc1. The molecule has 0 spiro atoms. The van der Waals surface area contributed by atoms with Gasteiger partial charge in [0.1, 0.15) is 11.4 Å². The second-order valence-electron chi connectivity index (χ2n) is 5.68. The molecule has 0 saturated heterocycles. The van der Waals surface area contributed by atoms with Crippen LogP contribution in [0, 0.1) is 6.92 Å². The van der Waals surface area contributed by atoms with Crippen molar-refractivity contribution in [1.82, 2.24) is 20.2 Å². The monoisotopic (exact) mass is 388 g/mol. The molecule has 26 heavy (non-hydrogen) atoms. The molecule has 134 valence electrons. The molecule has 0 aliphatic heterocycles. The predicted molar refractivity (Wildman–Crippen MR) is 102 cm³/mol. The third-order valence-corrected chi connectivity index (χ3v) is 5.07. The number of nitrogens with zero attached hydrogens (tertiary/aromatic N) is 4. The van der Waals surface area contributed by atoms with E-state index in [1.54, 1.807) is 36.1 Å². The maximum atomic E-state index is 12.6. The van der Waals surface area contributed by atoms with E-state index in [9.17, 15) is 4.79 Å². The molecule has 2 aromatic carbocycles. The summed E-state index contributed by atoms with van der Waals surface area (Å²) in [5, 5.41) is 12.6. The third-order valence-electron chi connectivity index (χ3n) is 3.78. The molecule has 0 radical (unpaired) electrons. The van der Waals surface area contributed by atoms with E-state index in [2.05, 4.69) is 15.5 Å². The molecule has 6 nitrogen and oxygen atoms in total. The predicted octanol–water partition coefficient (Wildman–Crippen LogP) is 4.00. The van der Waals surface area contributed by atoms with Crippen LogP contribution < -0.4 is 4.74 Å². The number of tetrazole rings is 1. The van der Waals surface area contributed by atoms with Crippen LogP contribution in [-0.2, 0) is 0 Å². The van der Waals surface area contributed by atoms with Gasteiger partial charge in [-0.1, -0.05) is 29.4 Å². The smallest absolute Gasteiger partial charge is 0.214 e. The molecule has 3 rings (SSSR count). The lowest BCUT2D eigenvalue weighted by molar-refractivity contribution is 0.0994. The second-order valence-corrected chi connectivity index (χ2v) is 7.42.